The second kappa shape index (κ2) is 8.12. The third-order valence-corrected chi connectivity index (χ3v) is 5.89. The van der Waals surface area contributed by atoms with Crippen LogP contribution in [-0.2, 0) is 9.53 Å². The van der Waals surface area contributed by atoms with E-state index in [1.807, 2.05) is 13.8 Å². The molecule has 0 bridgehead atoms. The number of ether oxygens (including phenoxy) is 1. The third-order valence-electron chi connectivity index (χ3n) is 4.71. The average Bonchev–Trinajstić information content (AvgIpc) is 3.41. The van der Waals surface area contributed by atoms with Crippen LogP contribution in [0.3, 0.4) is 0 Å². The lowest BCUT2D eigenvalue weighted by molar-refractivity contribution is -0.140. The number of nitrogens with zero attached hydrogens (tertiary/aromatic N) is 2. The maximum absolute atomic E-state index is 12.5. The number of fused-ring (bicyclic) bond motifs is 1. The summed E-state index contributed by atoms with van der Waals surface area (Å²) in [6.07, 6.45) is 5.27. The Kier molecular flexibility index (Phi) is 5.86. The maximum Gasteiger partial charge on any atom is 0.305 e. The molecular formula is C19H25N3O3S. The second-order valence-corrected chi connectivity index (χ2v) is 7.82. The molecule has 1 aliphatic rings. The van der Waals surface area contributed by atoms with Gasteiger partial charge in [0.05, 0.1) is 17.7 Å². The summed E-state index contributed by atoms with van der Waals surface area (Å²) in [5.74, 6) is 1.19. The number of aromatic nitrogens is 2. The van der Waals surface area contributed by atoms with E-state index in [0.717, 1.165) is 51.4 Å². The lowest BCUT2D eigenvalue weighted by Gasteiger charge is -2.05. The average molecular weight is 375 g/mol. The number of thiophene rings is 1. The van der Waals surface area contributed by atoms with Gasteiger partial charge in [0.1, 0.15) is 10.7 Å². The quantitative estimate of drug-likeness (QED) is 0.563. The first-order valence-electron chi connectivity index (χ1n) is 9.14. The molecule has 1 fully saturated rings. The highest BCUT2D eigenvalue weighted by atomic mass is 32.1. The van der Waals surface area contributed by atoms with Crippen molar-refractivity contribution >= 4 is 33.4 Å². The van der Waals surface area contributed by atoms with E-state index in [0.29, 0.717) is 18.9 Å². The van der Waals surface area contributed by atoms with Gasteiger partial charge in [0.15, 0.2) is 0 Å². The van der Waals surface area contributed by atoms with Crippen LogP contribution in [-0.4, -0.2) is 35.5 Å². The zero-order valence-electron chi connectivity index (χ0n) is 15.6. The summed E-state index contributed by atoms with van der Waals surface area (Å²) in [5.41, 5.74) is 1.93. The number of amides is 1. The van der Waals surface area contributed by atoms with Crippen molar-refractivity contribution in [1.82, 2.24) is 15.3 Å². The molecule has 2 heterocycles. The molecule has 0 radical (unpaired) electrons. The topological polar surface area (TPSA) is 81.2 Å². The normalized spacial score (nSPS) is 13.8. The summed E-state index contributed by atoms with van der Waals surface area (Å²) in [6.45, 7) is 4.57. The van der Waals surface area contributed by atoms with Gasteiger partial charge in [0, 0.05) is 24.3 Å². The summed E-state index contributed by atoms with van der Waals surface area (Å²) in [6, 6.07) is 0. The van der Waals surface area contributed by atoms with Gasteiger partial charge in [-0.1, -0.05) is 6.42 Å². The van der Waals surface area contributed by atoms with Crippen LogP contribution in [0.4, 0.5) is 0 Å². The van der Waals surface area contributed by atoms with Crippen LogP contribution in [0.5, 0.6) is 0 Å². The zero-order chi connectivity index (χ0) is 18.7. The van der Waals surface area contributed by atoms with Crippen molar-refractivity contribution in [3.63, 3.8) is 0 Å². The Balaban J connectivity index is 1.59. The van der Waals surface area contributed by atoms with E-state index in [-0.39, 0.29) is 11.9 Å². The Morgan fingerprint density at radius 3 is 2.65 bits per heavy atom. The summed E-state index contributed by atoms with van der Waals surface area (Å²) >= 11 is 1.46. The van der Waals surface area contributed by atoms with Crippen molar-refractivity contribution in [3.8, 4) is 0 Å². The van der Waals surface area contributed by atoms with E-state index in [1.165, 1.54) is 31.3 Å². The summed E-state index contributed by atoms with van der Waals surface area (Å²) in [4.78, 5) is 34.6. The van der Waals surface area contributed by atoms with Crippen LogP contribution in [0.25, 0.3) is 10.2 Å². The first-order chi connectivity index (χ1) is 12.5. The third kappa shape index (κ3) is 4.20. The van der Waals surface area contributed by atoms with Crippen LogP contribution in [0.15, 0.2) is 0 Å². The predicted octanol–water partition coefficient (Wildman–Crippen LogP) is 3.65. The smallest absolute Gasteiger partial charge is 0.305 e. The van der Waals surface area contributed by atoms with Gasteiger partial charge in [-0.15, -0.1) is 11.3 Å². The highest BCUT2D eigenvalue weighted by molar-refractivity contribution is 7.20. The van der Waals surface area contributed by atoms with Crippen LogP contribution in [0, 0.1) is 13.8 Å². The number of nitrogens with one attached hydrogen (secondary N) is 1. The Morgan fingerprint density at radius 2 is 1.96 bits per heavy atom. The highest BCUT2D eigenvalue weighted by Crippen LogP contribution is 2.40. The standard InChI is InChI=1S/C19H25N3O3S/c1-11-15-12(2)21-17(13-8-9-13)22-19(15)26-16(11)18(24)20-10-6-4-5-7-14(23)25-3/h13H,4-10H2,1-3H3,(H,20,24). The Bertz CT molecular complexity index is 827. The molecule has 0 aliphatic heterocycles. The molecule has 1 N–H and O–H groups in total. The molecule has 26 heavy (non-hydrogen) atoms. The molecule has 140 valence electrons. The van der Waals surface area contributed by atoms with Gasteiger partial charge in [-0.05, 0) is 45.1 Å². The number of esters is 1. The minimum atomic E-state index is -0.183. The van der Waals surface area contributed by atoms with Crippen molar-refractivity contribution in [2.45, 2.75) is 58.3 Å². The molecule has 0 saturated heterocycles. The number of rotatable bonds is 8. The van der Waals surface area contributed by atoms with Gasteiger partial charge < -0.3 is 10.1 Å². The van der Waals surface area contributed by atoms with Crippen LogP contribution < -0.4 is 5.32 Å². The van der Waals surface area contributed by atoms with Crippen LogP contribution >= 0.6 is 11.3 Å². The fourth-order valence-corrected chi connectivity index (χ4v) is 4.21. The van der Waals surface area contributed by atoms with Gasteiger partial charge in [-0.25, -0.2) is 9.97 Å². The lowest BCUT2D eigenvalue weighted by atomic mass is 10.1. The van der Waals surface area contributed by atoms with Gasteiger partial charge in [-0.2, -0.15) is 0 Å². The summed E-state index contributed by atoms with van der Waals surface area (Å²) in [5, 5.41) is 4.00. The molecule has 7 heteroatoms. The fourth-order valence-electron chi connectivity index (χ4n) is 3.06. The van der Waals surface area contributed by atoms with Crippen molar-refractivity contribution in [2.24, 2.45) is 0 Å². The maximum atomic E-state index is 12.5. The second-order valence-electron chi connectivity index (χ2n) is 6.82. The van der Waals surface area contributed by atoms with Crippen molar-refractivity contribution in [1.29, 1.82) is 0 Å². The molecule has 0 unspecified atom stereocenters. The first-order valence-corrected chi connectivity index (χ1v) is 9.95. The number of aryl methyl sites for hydroxylation is 2. The highest BCUT2D eigenvalue weighted by Gasteiger charge is 2.28. The van der Waals surface area contributed by atoms with E-state index in [9.17, 15) is 9.59 Å². The van der Waals surface area contributed by atoms with E-state index < -0.39 is 0 Å². The Labute approximate surface area is 157 Å². The Hall–Kier alpha value is -2.02. The molecule has 1 saturated carbocycles. The molecular weight excluding hydrogens is 350 g/mol. The molecule has 3 rings (SSSR count). The van der Waals surface area contributed by atoms with E-state index in [4.69, 9.17) is 4.98 Å². The number of methoxy groups -OCH3 is 1. The molecule has 0 atom stereocenters. The fraction of sp³-hybridized carbons (Fsp3) is 0.579. The molecule has 1 amide bonds. The number of hydrogen-bond acceptors (Lipinski definition) is 6. The monoisotopic (exact) mass is 375 g/mol. The molecule has 2 aromatic heterocycles. The summed E-state index contributed by atoms with van der Waals surface area (Å²) < 4.78 is 4.61. The number of carbonyl (C=O) groups is 2. The van der Waals surface area contributed by atoms with Gasteiger partial charge in [0.2, 0.25) is 0 Å². The SMILES string of the molecule is COC(=O)CCCCCNC(=O)c1sc2nc(C3CC3)nc(C)c2c1C. The molecule has 1 aliphatic carbocycles. The van der Waals surface area contributed by atoms with Crippen molar-refractivity contribution < 1.29 is 14.3 Å². The lowest BCUT2D eigenvalue weighted by Crippen LogP contribution is -2.24. The number of unbranched alkanes of at least 4 members (excludes halogenated alkanes) is 2. The van der Waals surface area contributed by atoms with Crippen LogP contribution in [0.1, 0.15) is 71.2 Å². The van der Waals surface area contributed by atoms with Gasteiger partial charge in [0.25, 0.3) is 5.91 Å². The van der Waals surface area contributed by atoms with E-state index in [2.05, 4.69) is 15.0 Å². The minimum absolute atomic E-state index is 0.0501. The minimum Gasteiger partial charge on any atom is -0.469 e. The molecule has 0 spiro atoms. The van der Waals surface area contributed by atoms with E-state index in [1.54, 1.807) is 0 Å². The van der Waals surface area contributed by atoms with Gasteiger partial charge in [-0.3, -0.25) is 9.59 Å². The Morgan fingerprint density at radius 1 is 1.19 bits per heavy atom. The molecule has 0 aromatic carbocycles. The largest absolute Gasteiger partial charge is 0.469 e. The number of carbonyl (C=O) groups excluding carboxylic acids is 2. The van der Waals surface area contributed by atoms with Crippen molar-refractivity contribution in [2.75, 3.05) is 13.7 Å². The van der Waals surface area contributed by atoms with Crippen molar-refractivity contribution in [3.05, 3.63) is 22.0 Å². The first kappa shape index (κ1) is 18.8. The van der Waals surface area contributed by atoms with Gasteiger partial charge >= 0.3 is 5.97 Å². The molecule has 2 aromatic rings. The van der Waals surface area contributed by atoms with E-state index >= 15 is 0 Å². The van der Waals surface area contributed by atoms with Crippen LogP contribution in [0.2, 0.25) is 0 Å². The molecule has 6 nitrogen and oxygen atoms in total. The summed E-state index contributed by atoms with van der Waals surface area (Å²) in [7, 11) is 1.40. The predicted molar refractivity (Wildman–Crippen MR) is 102 cm³/mol. The number of hydrogen-bond donors (Lipinski definition) is 1. The zero-order valence-corrected chi connectivity index (χ0v) is 16.4.